The molecule has 5 heteroatoms. The Morgan fingerprint density at radius 2 is 2.17 bits per heavy atom. The van der Waals surface area contributed by atoms with Crippen molar-refractivity contribution in [2.45, 2.75) is 32.7 Å². The Hall–Kier alpha value is -1.20. The molecule has 1 N–H and O–H groups in total. The van der Waals surface area contributed by atoms with Gasteiger partial charge in [-0.15, -0.1) is 11.3 Å². The highest BCUT2D eigenvalue weighted by Crippen LogP contribution is 2.38. The monoisotopic (exact) mass is 263 g/mol. The fourth-order valence-electron chi connectivity index (χ4n) is 2.34. The molecule has 1 fully saturated rings. The van der Waals surface area contributed by atoms with Crippen LogP contribution < -0.4 is 4.90 Å². The van der Waals surface area contributed by atoms with Crippen LogP contribution in [0, 0.1) is 13.8 Å². The van der Waals surface area contributed by atoms with E-state index in [1.807, 2.05) is 0 Å². The molecule has 0 radical (unpaired) electrons. The largest absolute Gasteiger partial charge is 0.395 e. The van der Waals surface area contributed by atoms with Crippen LogP contribution in [0.25, 0.3) is 10.2 Å². The van der Waals surface area contributed by atoms with Gasteiger partial charge in [-0.25, -0.2) is 9.97 Å². The van der Waals surface area contributed by atoms with Gasteiger partial charge in [-0.1, -0.05) is 0 Å². The van der Waals surface area contributed by atoms with Crippen molar-refractivity contribution in [2.75, 3.05) is 18.1 Å². The first kappa shape index (κ1) is 11.9. The predicted octanol–water partition coefficient (Wildman–Crippen LogP) is 2.27. The molecule has 1 aliphatic carbocycles. The van der Waals surface area contributed by atoms with Crippen molar-refractivity contribution in [1.29, 1.82) is 0 Å². The Balaban J connectivity index is 2.14. The normalized spacial score (nSPS) is 15.3. The van der Waals surface area contributed by atoms with Crippen LogP contribution in [0.1, 0.15) is 23.3 Å². The molecule has 0 amide bonds. The molecule has 2 aromatic heterocycles. The predicted molar refractivity (Wildman–Crippen MR) is 74.3 cm³/mol. The van der Waals surface area contributed by atoms with Crippen molar-refractivity contribution < 1.29 is 5.11 Å². The third-order valence-electron chi connectivity index (χ3n) is 3.55. The van der Waals surface area contributed by atoms with Gasteiger partial charge in [-0.05, 0) is 32.3 Å². The minimum atomic E-state index is 0.171. The van der Waals surface area contributed by atoms with Crippen LogP contribution in [-0.2, 0) is 0 Å². The Kier molecular flexibility index (Phi) is 2.95. The van der Waals surface area contributed by atoms with Gasteiger partial charge in [0.05, 0.1) is 12.0 Å². The van der Waals surface area contributed by atoms with Gasteiger partial charge in [0.1, 0.15) is 17.0 Å². The number of hydrogen-bond donors (Lipinski definition) is 1. The maximum absolute atomic E-state index is 9.24. The minimum Gasteiger partial charge on any atom is -0.395 e. The van der Waals surface area contributed by atoms with E-state index in [2.05, 4.69) is 28.7 Å². The summed E-state index contributed by atoms with van der Waals surface area (Å²) in [6, 6.07) is 0.551. The zero-order valence-corrected chi connectivity index (χ0v) is 11.5. The topological polar surface area (TPSA) is 49.2 Å². The second kappa shape index (κ2) is 4.48. The first-order valence-electron chi connectivity index (χ1n) is 6.30. The summed E-state index contributed by atoms with van der Waals surface area (Å²) in [4.78, 5) is 13.4. The maximum atomic E-state index is 9.24. The van der Waals surface area contributed by atoms with Crippen LogP contribution in [0.4, 0.5) is 5.82 Å². The highest BCUT2D eigenvalue weighted by molar-refractivity contribution is 7.18. The number of thiophene rings is 1. The SMILES string of the molecule is Cc1sc2ncnc(N(CCO)C3CC3)c2c1C. The Morgan fingerprint density at radius 1 is 1.39 bits per heavy atom. The summed E-state index contributed by atoms with van der Waals surface area (Å²) < 4.78 is 0. The number of fused-ring (bicyclic) bond motifs is 1. The number of rotatable bonds is 4. The van der Waals surface area contributed by atoms with E-state index in [4.69, 9.17) is 0 Å². The second-order valence-electron chi connectivity index (χ2n) is 4.81. The third-order valence-corrected chi connectivity index (χ3v) is 4.66. The van der Waals surface area contributed by atoms with E-state index in [1.165, 1.54) is 28.7 Å². The van der Waals surface area contributed by atoms with Crippen molar-refractivity contribution >= 4 is 27.4 Å². The lowest BCUT2D eigenvalue weighted by Gasteiger charge is -2.23. The third kappa shape index (κ3) is 1.87. The van der Waals surface area contributed by atoms with Crippen LogP contribution >= 0.6 is 11.3 Å². The summed E-state index contributed by atoms with van der Waals surface area (Å²) in [6.07, 6.45) is 4.04. The van der Waals surface area contributed by atoms with Crippen LogP contribution in [0.5, 0.6) is 0 Å². The lowest BCUT2D eigenvalue weighted by molar-refractivity contribution is 0.301. The average Bonchev–Trinajstić information content (AvgIpc) is 3.15. The van der Waals surface area contributed by atoms with E-state index in [1.54, 1.807) is 17.7 Å². The van der Waals surface area contributed by atoms with Crippen LogP contribution in [0.2, 0.25) is 0 Å². The van der Waals surface area contributed by atoms with Gasteiger partial charge in [-0.3, -0.25) is 0 Å². The number of aromatic nitrogens is 2. The van der Waals surface area contributed by atoms with Gasteiger partial charge in [0, 0.05) is 17.5 Å². The van der Waals surface area contributed by atoms with Crippen LogP contribution in [0.15, 0.2) is 6.33 Å². The zero-order valence-electron chi connectivity index (χ0n) is 10.7. The molecule has 0 bridgehead atoms. The maximum Gasteiger partial charge on any atom is 0.141 e. The van der Waals surface area contributed by atoms with Gasteiger partial charge in [-0.2, -0.15) is 0 Å². The fraction of sp³-hybridized carbons (Fsp3) is 0.538. The van der Waals surface area contributed by atoms with Crippen molar-refractivity contribution in [2.24, 2.45) is 0 Å². The van der Waals surface area contributed by atoms with E-state index in [-0.39, 0.29) is 6.61 Å². The van der Waals surface area contributed by atoms with Crippen molar-refractivity contribution in [3.05, 3.63) is 16.8 Å². The summed E-state index contributed by atoms with van der Waals surface area (Å²) >= 11 is 1.72. The number of anilines is 1. The van der Waals surface area contributed by atoms with Gasteiger partial charge in [0.2, 0.25) is 0 Å². The van der Waals surface area contributed by atoms with Crippen molar-refractivity contribution in [3.8, 4) is 0 Å². The zero-order chi connectivity index (χ0) is 12.7. The molecule has 2 heterocycles. The van der Waals surface area contributed by atoms with Crippen molar-refractivity contribution in [3.63, 3.8) is 0 Å². The molecule has 18 heavy (non-hydrogen) atoms. The number of aliphatic hydroxyl groups is 1. The second-order valence-corrected chi connectivity index (χ2v) is 6.01. The van der Waals surface area contributed by atoms with Gasteiger partial charge >= 0.3 is 0 Å². The smallest absolute Gasteiger partial charge is 0.141 e. The molecular formula is C13H17N3OS. The van der Waals surface area contributed by atoms with E-state index >= 15 is 0 Å². The molecule has 0 atom stereocenters. The Bertz CT molecular complexity index is 577. The number of aryl methyl sites for hydroxylation is 2. The molecule has 1 aliphatic rings. The van der Waals surface area contributed by atoms with E-state index < -0.39 is 0 Å². The van der Waals surface area contributed by atoms with Crippen LogP contribution in [0.3, 0.4) is 0 Å². The average molecular weight is 263 g/mol. The van der Waals surface area contributed by atoms with Crippen molar-refractivity contribution in [1.82, 2.24) is 9.97 Å². The summed E-state index contributed by atoms with van der Waals surface area (Å²) in [5, 5.41) is 10.4. The summed E-state index contributed by atoms with van der Waals surface area (Å²) in [7, 11) is 0. The number of hydrogen-bond acceptors (Lipinski definition) is 5. The Morgan fingerprint density at radius 3 is 2.83 bits per heavy atom. The summed E-state index contributed by atoms with van der Waals surface area (Å²) in [5.74, 6) is 0.999. The highest BCUT2D eigenvalue weighted by atomic mass is 32.1. The molecule has 0 aromatic carbocycles. The fourth-order valence-corrected chi connectivity index (χ4v) is 3.33. The molecule has 3 rings (SSSR count). The molecule has 0 spiro atoms. The first-order chi connectivity index (χ1) is 8.72. The molecule has 1 saturated carbocycles. The van der Waals surface area contributed by atoms with Gasteiger partial charge < -0.3 is 10.0 Å². The van der Waals surface area contributed by atoms with E-state index in [0.717, 1.165) is 10.6 Å². The first-order valence-corrected chi connectivity index (χ1v) is 7.12. The van der Waals surface area contributed by atoms with Gasteiger partial charge in [0.25, 0.3) is 0 Å². The van der Waals surface area contributed by atoms with Crippen LogP contribution in [-0.4, -0.2) is 34.3 Å². The van der Waals surface area contributed by atoms with E-state index in [0.29, 0.717) is 12.6 Å². The molecule has 0 aliphatic heterocycles. The Labute approximate surface area is 110 Å². The molecule has 2 aromatic rings. The lowest BCUT2D eigenvalue weighted by Crippen LogP contribution is -2.30. The quantitative estimate of drug-likeness (QED) is 0.919. The molecular weight excluding hydrogens is 246 g/mol. The molecule has 0 unspecified atom stereocenters. The molecule has 0 saturated heterocycles. The molecule has 96 valence electrons. The summed E-state index contributed by atoms with van der Waals surface area (Å²) in [5.41, 5.74) is 1.27. The summed E-state index contributed by atoms with van der Waals surface area (Å²) in [6.45, 7) is 5.08. The standard InChI is InChI=1S/C13H17N3OS/c1-8-9(2)18-13-11(8)12(14-7-15-13)16(5-6-17)10-3-4-10/h7,10,17H,3-6H2,1-2H3. The van der Waals surface area contributed by atoms with E-state index in [9.17, 15) is 5.11 Å². The van der Waals surface area contributed by atoms with Gasteiger partial charge in [0.15, 0.2) is 0 Å². The number of nitrogens with zero attached hydrogens (tertiary/aromatic N) is 3. The highest BCUT2D eigenvalue weighted by Gasteiger charge is 2.31. The minimum absolute atomic E-state index is 0.171. The lowest BCUT2D eigenvalue weighted by atomic mass is 10.2. The molecule has 4 nitrogen and oxygen atoms in total. The number of aliphatic hydroxyl groups excluding tert-OH is 1.